The zero-order valence-corrected chi connectivity index (χ0v) is 16.9. The summed E-state index contributed by atoms with van der Waals surface area (Å²) in [5.41, 5.74) is 8.82. The lowest BCUT2D eigenvalue weighted by Crippen LogP contribution is -2.21. The van der Waals surface area contributed by atoms with E-state index in [1.807, 2.05) is 0 Å². The highest BCUT2D eigenvalue weighted by molar-refractivity contribution is 6.02. The first-order chi connectivity index (χ1) is 15.7. The molecule has 2 aromatic carbocycles. The number of hydrogen-bond acceptors (Lipinski definition) is 8. The lowest BCUT2D eigenvalue weighted by atomic mass is 10.00. The SMILES string of the molecule is N[C@H](C(=O)O)c1ccc(C(=O)O)c(C(=O)O)c1.N[C@H](C(=O)O)c1ccc(C(=O)O)c(C(=O)O)c1. The molecule has 2 aromatic rings. The molecule has 0 saturated carbocycles. The Labute approximate surface area is 189 Å². The molecule has 14 nitrogen and oxygen atoms in total. The summed E-state index contributed by atoms with van der Waals surface area (Å²) >= 11 is 0. The fourth-order valence-electron chi connectivity index (χ4n) is 2.52. The number of nitrogens with two attached hydrogens (primary N) is 2. The third-order valence-electron chi connectivity index (χ3n) is 4.26. The second kappa shape index (κ2) is 11.2. The van der Waals surface area contributed by atoms with Crippen molar-refractivity contribution in [2.45, 2.75) is 12.1 Å². The van der Waals surface area contributed by atoms with Crippen molar-refractivity contribution in [1.82, 2.24) is 0 Å². The van der Waals surface area contributed by atoms with Gasteiger partial charge in [0.1, 0.15) is 12.1 Å². The number of carboxylic acids is 6. The minimum Gasteiger partial charge on any atom is -0.480 e. The summed E-state index contributed by atoms with van der Waals surface area (Å²) in [7, 11) is 0. The maximum atomic E-state index is 10.8. The Morgan fingerprint density at radius 3 is 0.971 bits per heavy atom. The second-order valence-electron chi connectivity index (χ2n) is 6.46. The molecule has 0 bridgehead atoms. The van der Waals surface area contributed by atoms with Crippen LogP contribution >= 0.6 is 0 Å². The van der Waals surface area contributed by atoms with Gasteiger partial charge < -0.3 is 42.1 Å². The summed E-state index contributed by atoms with van der Waals surface area (Å²) in [6.45, 7) is 0. The van der Waals surface area contributed by atoms with Gasteiger partial charge >= 0.3 is 35.8 Å². The molecule has 0 spiro atoms. The number of carboxylic acid groups (broad SMARTS) is 6. The minimum absolute atomic E-state index is 0.0277. The summed E-state index contributed by atoms with van der Waals surface area (Å²) in [5.74, 6) is -8.38. The summed E-state index contributed by atoms with van der Waals surface area (Å²) in [5, 5.41) is 52.4. The topological polar surface area (TPSA) is 276 Å². The van der Waals surface area contributed by atoms with Crippen molar-refractivity contribution in [3.05, 3.63) is 69.8 Å². The molecule has 0 aromatic heterocycles. The predicted octanol–water partition coefficient (Wildman–Crippen LogP) is 0.335. The average Bonchev–Trinajstić information content (AvgIpc) is 2.77. The number of carbonyl (C=O) groups is 6. The van der Waals surface area contributed by atoms with Crippen LogP contribution in [0.15, 0.2) is 36.4 Å². The van der Waals surface area contributed by atoms with E-state index >= 15 is 0 Å². The molecule has 0 saturated heterocycles. The molecular weight excluding hydrogens is 460 g/mol. The largest absolute Gasteiger partial charge is 0.480 e. The number of benzene rings is 2. The summed E-state index contributed by atoms with van der Waals surface area (Å²) < 4.78 is 0. The van der Waals surface area contributed by atoms with Gasteiger partial charge in [-0.3, -0.25) is 9.59 Å². The van der Waals surface area contributed by atoms with E-state index in [1.54, 1.807) is 0 Å². The molecule has 0 heterocycles. The third kappa shape index (κ3) is 6.59. The number of aliphatic carboxylic acids is 2. The molecule has 2 rings (SSSR count). The van der Waals surface area contributed by atoms with E-state index in [1.165, 1.54) is 12.1 Å². The van der Waals surface area contributed by atoms with E-state index in [9.17, 15) is 28.8 Å². The maximum Gasteiger partial charge on any atom is 0.336 e. The Morgan fingerprint density at radius 1 is 0.500 bits per heavy atom. The molecule has 14 heteroatoms. The Hall–Kier alpha value is -4.82. The number of aromatic carboxylic acids is 4. The van der Waals surface area contributed by atoms with E-state index in [2.05, 4.69) is 0 Å². The van der Waals surface area contributed by atoms with Gasteiger partial charge in [-0.25, -0.2) is 19.2 Å². The highest BCUT2D eigenvalue weighted by Gasteiger charge is 2.22. The molecular formula is C20H18N2O12. The third-order valence-corrected chi connectivity index (χ3v) is 4.26. The number of rotatable bonds is 8. The van der Waals surface area contributed by atoms with Crippen LogP contribution in [0.4, 0.5) is 0 Å². The molecule has 0 unspecified atom stereocenters. The molecule has 0 radical (unpaired) electrons. The zero-order valence-electron chi connectivity index (χ0n) is 16.9. The highest BCUT2D eigenvalue weighted by Crippen LogP contribution is 2.18. The van der Waals surface area contributed by atoms with Crippen LogP contribution < -0.4 is 11.5 Å². The first-order valence-electron chi connectivity index (χ1n) is 8.86. The van der Waals surface area contributed by atoms with Crippen molar-refractivity contribution in [1.29, 1.82) is 0 Å². The lowest BCUT2D eigenvalue weighted by Gasteiger charge is -2.09. The van der Waals surface area contributed by atoms with Crippen LogP contribution in [0, 0.1) is 0 Å². The Bertz CT molecular complexity index is 1080. The molecule has 180 valence electrons. The fourth-order valence-corrected chi connectivity index (χ4v) is 2.52. The molecule has 34 heavy (non-hydrogen) atoms. The first kappa shape index (κ1) is 27.2. The van der Waals surface area contributed by atoms with E-state index in [4.69, 9.17) is 42.1 Å². The molecule has 10 N–H and O–H groups in total. The monoisotopic (exact) mass is 478 g/mol. The highest BCUT2D eigenvalue weighted by atomic mass is 16.4. The van der Waals surface area contributed by atoms with Gasteiger partial charge in [0.2, 0.25) is 0 Å². The molecule has 0 amide bonds. The summed E-state index contributed by atoms with van der Waals surface area (Å²) in [4.78, 5) is 64.3. The van der Waals surface area contributed by atoms with Gasteiger partial charge in [0, 0.05) is 0 Å². The van der Waals surface area contributed by atoms with Crippen LogP contribution in [-0.2, 0) is 9.59 Å². The molecule has 0 fully saturated rings. The van der Waals surface area contributed by atoms with Crippen LogP contribution in [0.5, 0.6) is 0 Å². The van der Waals surface area contributed by atoms with Crippen LogP contribution in [0.3, 0.4) is 0 Å². The van der Waals surface area contributed by atoms with E-state index in [0.717, 1.165) is 24.3 Å². The van der Waals surface area contributed by atoms with Crippen molar-refractivity contribution in [2.75, 3.05) is 0 Å². The summed E-state index contributed by atoms with van der Waals surface area (Å²) in [6.07, 6.45) is 0. The van der Waals surface area contributed by atoms with Gasteiger partial charge in [-0.05, 0) is 35.4 Å². The first-order valence-corrected chi connectivity index (χ1v) is 8.86. The van der Waals surface area contributed by atoms with E-state index in [-0.39, 0.29) is 11.1 Å². The predicted molar refractivity (Wildman–Crippen MR) is 110 cm³/mol. The van der Waals surface area contributed by atoms with Gasteiger partial charge in [0.15, 0.2) is 0 Å². The standard InChI is InChI=1S/2C10H9NO6/c2*11-7(10(16)17)4-1-2-5(8(12)13)6(3-4)9(14)15/h2*1-3,7H,11H2,(H,12,13)(H,14,15)(H,16,17)/t2*7-/m00/s1. The fraction of sp³-hybridized carbons (Fsp3) is 0.100. The molecule has 0 aliphatic rings. The summed E-state index contributed by atoms with van der Waals surface area (Å²) in [6, 6.07) is 3.50. The Morgan fingerprint density at radius 2 is 0.765 bits per heavy atom. The molecule has 2 atom stereocenters. The minimum atomic E-state index is -1.46. The van der Waals surface area contributed by atoms with Gasteiger partial charge in [-0.15, -0.1) is 0 Å². The smallest absolute Gasteiger partial charge is 0.336 e. The number of hydrogen-bond donors (Lipinski definition) is 8. The van der Waals surface area contributed by atoms with Crippen LogP contribution in [0.25, 0.3) is 0 Å². The van der Waals surface area contributed by atoms with Crippen molar-refractivity contribution in [3.8, 4) is 0 Å². The quantitative estimate of drug-likeness (QED) is 0.254. The average molecular weight is 478 g/mol. The van der Waals surface area contributed by atoms with Crippen molar-refractivity contribution < 1.29 is 59.4 Å². The zero-order chi connectivity index (χ0) is 26.3. The van der Waals surface area contributed by atoms with E-state index < -0.39 is 70.2 Å². The van der Waals surface area contributed by atoms with Crippen LogP contribution in [-0.4, -0.2) is 66.5 Å². The normalized spacial score (nSPS) is 11.8. The van der Waals surface area contributed by atoms with Gasteiger partial charge in [-0.2, -0.15) is 0 Å². The van der Waals surface area contributed by atoms with Gasteiger partial charge in [0.05, 0.1) is 22.3 Å². The van der Waals surface area contributed by atoms with Crippen molar-refractivity contribution in [3.63, 3.8) is 0 Å². The van der Waals surface area contributed by atoms with Gasteiger partial charge in [0.25, 0.3) is 0 Å². The van der Waals surface area contributed by atoms with Crippen molar-refractivity contribution in [2.24, 2.45) is 11.5 Å². The lowest BCUT2D eigenvalue weighted by molar-refractivity contribution is -0.139. The van der Waals surface area contributed by atoms with Gasteiger partial charge in [-0.1, -0.05) is 12.1 Å². The molecule has 0 aliphatic carbocycles. The van der Waals surface area contributed by atoms with Crippen LogP contribution in [0.2, 0.25) is 0 Å². The second-order valence-corrected chi connectivity index (χ2v) is 6.46. The molecule has 0 aliphatic heterocycles. The Kier molecular flexibility index (Phi) is 8.94. The van der Waals surface area contributed by atoms with Crippen LogP contribution in [0.1, 0.15) is 64.6 Å². The van der Waals surface area contributed by atoms with E-state index in [0.29, 0.717) is 0 Å². The van der Waals surface area contributed by atoms with Crippen molar-refractivity contribution >= 4 is 35.8 Å². The Balaban J connectivity index is 0.000000340. The maximum absolute atomic E-state index is 10.8.